The summed E-state index contributed by atoms with van der Waals surface area (Å²) in [6.07, 6.45) is 6.52. The number of carbonyl (C=O) groups excluding carboxylic acids is 1. The first-order valence-corrected chi connectivity index (χ1v) is 8.62. The molecule has 2 heterocycles. The van der Waals surface area contributed by atoms with Crippen LogP contribution >= 0.6 is 0 Å². The minimum absolute atomic E-state index is 0.0264. The average molecular weight is 343 g/mol. The molecule has 134 valence electrons. The van der Waals surface area contributed by atoms with E-state index >= 15 is 0 Å². The van der Waals surface area contributed by atoms with E-state index in [-0.39, 0.29) is 17.6 Å². The van der Waals surface area contributed by atoms with Gasteiger partial charge in [0.15, 0.2) is 11.5 Å². The number of aromatic nitrogens is 2. The Hall–Kier alpha value is -2.50. The maximum Gasteiger partial charge on any atom is 0.223 e. The highest BCUT2D eigenvalue weighted by atomic mass is 16.5. The second-order valence-corrected chi connectivity index (χ2v) is 7.11. The lowest BCUT2D eigenvalue weighted by Gasteiger charge is -2.18. The molecule has 1 N–H and O–H groups in total. The van der Waals surface area contributed by atoms with Crippen molar-refractivity contribution in [2.45, 2.75) is 51.8 Å². The quantitative estimate of drug-likeness (QED) is 0.839. The highest BCUT2D eigenvalue weighted by Crippen LogP contribution is 2.41. The molecule has 25 heavy (non-hydrogen) atoms. The van der Waals surface area contributed by atoms with Crippen LogP contribution in [0.15, 0.2) is 36.9 Å². The highest BCUT2D eigenvalue weighted by molar-refractivity contribution is 5.76. The molecule has 3 rings (SSSR count). The number of imidazole rings is 1. The fraction of sp³-hybridized carbons (Fsp3) is 0.474. The molecule has 2 aromatic rings. The third-order valence-corrected chi connectivity index (χ3v) is 4.09. The minimum atomic E-state index is -0.206. The summed E-state index contributed by atoms with van der Waals surface area (Å²) in [5.74, 6) is 1.49. The lowest BCUT2D eigenvalue weighted by molar-refractivity contribution is -0.122. The van der Waals surface area contributed by atoms with E-state index in [1.54, 1.807) is 12.5 Å². The Kier molecular flexibility index (Phi) is 4.97. The van der Waals surface area contributed by atoms with E-state index in [0.29, 0.717) is 25.3 Å². The second kappa shape index (κ2) is 7.17. The van der Waals surface area contributed by atoms with Crippen LogP contribution in [-0.2, 0) is 17.8 Å². The zero-order chi connectivity index (χ0) is 17.9. The van der Waals surface area contributed by atoms with Gasteiger partial charge in [-0.05, 0) is 26.8 Å². The van der Waals surface area contributed by atoms with Gasteiger partial charge in [0.1, 0.15) is 5.60 Å². The van der Waals surface area contributed by atoms with Gasteiger partial charge in [-0.1, -0.05) is 12.1 Å². The average Bonchev–Trinajstić information content (AvgIpc) is 3.13. The van der Waals surface area contributed by atoms with Crippen LogP contribution in [0.2, 0.25) is 0 Å². The summed E-state index contributed by atoms with van der Waals surface area (Å²) < 4.78 is 13.7. The molecule has 0 saturated carbocycles. The first-order chi connectivity index (χ1) is 11.9. The van der Waals surface area contributed by atoms with Gasteiger partial charge in [-0.15, -0.1) is 0 Å². The predicted octanol–water partition coefficient (Wildman–Crippen LogP) is 2.57. The maximum atomic E-state index is 12.1. The minimum Gasteiger partial charge on any atom is -0.489 e. The highest BCUT2D eigenvalue weighted by Gasteiger charge is 2.32. The van der Waals surface area contributed by atoms with E-state index in [2.05, 4.69) is 30.2 Å². The second-order valence-electron chi connectivity index (χ2n) is 7.11. The fourth-order valence-corrected chi connectivity index (χ4v) is 3.06. The number of benzene rings is 1. The lowest BCUT2D eigenvalue weighted by Crippen LogP contribution is -2.36. The summed E-state index contributed by atoms with van der Waals surface area (Å²) in [5, 5.41) is 2.97. The summed E-state index contributed by atoms with van der Waals surface area (Å²) in [6, 6.07) is 5.94. The molecule has 0 radical (unpaired) electrons. The standard InChI is InChI=1S/C19H25N3O3/c1-14(12-22-9-8-20-13-22)21-17(23)7-10-24-16-6-4-5-15-11-19(2,3)25-18(15)16/h4-6,8-9,13-14H,7,10-12H2,1-3H3,(H,21,23)/t14-/m1/s1. The van der Waals surface area contributed by atoms with Crippen molar-refractivity contribution in [3.63, 3.8) is 0 Å². The normalized spacial score (nSPS) is 16.0. The molecule has 0 saturated heterocycles. The Morgan fingerprint density at radius 2 is 2.32 bits per heavy atom. The van der Waals surface area contributed by atoms with E-state index in [0.717, 1.165) is 17.7 Å². The van der Waals surface area contributed by atoms with Crippen LogP contribution in [0.3, 0.4) is 0 Å². The topological polar surface area (TPSA) is 65.4 Å². The van der Waals surface area contributed by atoms with Gasteiger partial charge in [-0.25, -0.2) is 4.98 Å². The van der Waals surface area contributed by atoms with Crippen molar-refractivity contribution in [2.75, 3.05) is 6.61 Å². The van der Waals surface area contributed by atoms with Crippen molar-refractivity contribution in [1.82, 2.24) is 14.9 Å². The van der Waals surface area contributed by atoms with Gasteiger partial charge in [0.05, 0.1) is 19.4 Å². The molecule has 0 spiro atoms. The number of nitrogens with one attached hydrogen (secondary N) is 1. The Balaban J connectivity index is 1.46. The summed E-state index contributed by atoms with van der Waals surface area (Å²) in [7, 11) is 0. The Morgan fingerprint density at radius 1 is 1.48 bits per heavy atom. The van der Waals surface area contributed by atoms with E-state index in [1.807, 2.05) is 29.8 Å². The molecular weight excluding hydrogens is 318 g/mol. The van der Waals surface area contributed by atoms with Gasteiger partial charge in [0, 0.05) is 37.0 Å². The van der Waals surface area contributed by atoms with Gasteiger partial charge < -0.3 is 19.4 Å². The van der Waals surface area contributed by atoms with Crippen molar-refractivity contribution >= 4 is 5.91 Å². The SMILES string of the molecule is C[C@H](Cn1ccnc1)NC(=O)CCOc1cccc2c1OC(C)(C)C2. The zero-order valence-electron chi connectivity index (χ0n) is 15.0. The molecular formula is C19H25N3O3. The summed E-state index contributed by atoms with van der Waals surface area (Å²) in [6.45, 7) is 7.11. The summed E-state index contributed by atoms with van der Waals surface area (Å²) in [4.78, 5) is 16.1. The van der Waals surface area contributed by atoms with Crippen molar-refractivity contribution in [3.8, 4) is 11.5 Å². The first-order valence-electron chi connectivity index (χ1n) is 8.62. The van der Waals surface area contributed by atoms with E-state index in [9.17, 15) is 4.79 Å². The van der Waals surface area contributed by atoms with E-state index in [1.165, 1.54) is 0 Å². The number of hydrogen-bond donors (Lipinski definition) is 1. The molecule has 0 aliphatic carbocycles. The monoisotopic (exact) mass is 343 g/mol. The third-order valence-electron chi connectivity index (χ3n) is 4.09. The molecule has 1 amide bonds. The van der Waals surface area contributed by atoms with Crippen LogP contribution in [0, 0.1) is 0 Å². The summed E-state index contributed by atoms with van der Waals surface area (Å²) >= 11 is 0. The Bertz CT molecular complexity index is 726. The number of nitrogens with zero attached hydrogens (tertiary/aromatic N) is 2. The van der Waals surface area contributed by atoms with Crippen LogP contribution in [-0.4, -0.2) is 33.7 Å². The van der Waals surface area contributed by atoms with E-state index in [4.69, 9.17) is 9.47 Å². The van der Waals surface area contributed by atoms with Gasteiger partial charge in [-0.3, -0.25) is 4.79 Å². The van der Waals surface area contributed by atoms with E-state index < -0.39 is 0 Å². The first kappa shape index (κ1) is 17.3. The van der Waals surface area contributed by atoms with Crippen molar-refractivity contribution in [1.29, 1.82) is 0 Å². The molecule has 0 fully saturated rings. The zero-order valence-corrected chi connectivity index (χ0v) is 15.0. The molecule has 1 aromatic heterocycles. The number of ether oxygens (including phenoxy) is 2. The Labute approximate surface area is 148 Å². The number of carbonyl (C=O) groups is 1. The largest absolute Gasteiger partial charge is 0.489 e. The maximum absolute atomic E-state index is 12.1. The molecule has 0 bridgehead atoms. The van der Waals surface area contributed by atoms with Crippen LogP contribution in [0.25, 0.3) is 0 Å². The number of amides is 1. The molecule has 1 aromatic carbocycles. The number of fused-ring (bicyclic) bond motifs is 1. The molecule has 1 atom stereocenters. The van der Waals surface area contributed by atoms with Crippen LogP contribution < -0.4 is 14.8 Å². The predicted molar refractivity (Wildman–Crippen MR) is 94.8 cm³/mol. The van der Waals surface area contributed by atoms with Gasteiger partial charge >= 0.3 is 0 Å². The van der Waals surface area contributed by atoms with Gasteiger partial charge in [0.25, 0.3) is 0 Å². The fourth-order valence-electron chi connectivity index (χ4n) is 3.06. The third kappa shape index (κ3) is 4.53. The van der Waals surface area contributed by atoms with Crippen molar-refractivity contribution < 1.29 is 14.3 Å². The molecule has 1 aliphatic rings. The van der Waals surface area contributed by atoms with Crippen molar-refractivity contribution in [2.24, 2.45) is 0 Å². The molecule has 6 nitrogen and oxygen atoms in total. The number of hydrogen-bond acceptors (Lipinski definition) is 4. The molecule has 0 unspecified atom stereocenters. The van der Waals surface area contributed by atoms with Crippen LogP contribution in [0.4, 0.5) is 0 Å². The molecule has 6 heteroatoms. The number of rotatable bonds is 7. The van der Waals surface area contributed by atoms with Gasteiger partial charge in [-0.2, -0.15) is 0 Å². The van der Waals surface area contributed by atoms with Crippen molar-refractivity contribution in [3.05, 3.63) is 42.5 Å². The Morgan fingerprint density at radius 3 is 3.08 bits per heavy atom. The van der Waals surface area contributed by atoms with Crippen LogP contribution in [0.1, 0.15) is 32.8 Å². The number of para-hydroxylation sites is 1. The molecule has 1 aliphatic heterocycles. The lowest BCUT2D eigenvalue weighted by atomic mass is 10.0. The smallest absolute Gasteiger partial charge is 0.223 e. The summed E-state index contributed by atoms with van der Waals surface area (Å²) in [5.41, 5.74) is 0.947. The van der Waals surface area contributed by atoms with Crippen LogP contribution in [0.5, 0.6) is 11.5 Å². The van der Waals surface area contributed by atoms with Gasteiger partial charge in [0.2, 0.25) is 5.91 Å².